The van der Waals surface area contributed by atoms with Gasteiger partial charge in [-0.05, 0) is 97.6 Å². The van der Waals surface area contributed by atoms with E-state index in [2.05, 4.69) is 84.7 Å². The van der Waals surface area contributed by atoms with Gasteiger partial charge < -0.3 is 9.13 Å². The number of nitriles is 2. The number of ketones is 2. The second-order valence-corrected chi connectivity index (χ2v) is 40.4. The number of hydrogen-bond donors (Lipinski definition) is 0. The van der Waals surface area contributed by atoms with E-state index in [1.807, 2.05) is 93.9 Å². The van der Waals surface area contributed by atoms with Crippen molar-refractivity contribution in [2.24, 2.45) is 11.8 Å². The molecule has 2 aliphatic carbocycles. The fourth-order valence-electron chi connectivity index (χ4n) is 19.9. The smallest absolute Gasteiger partial charge is 0.270 e. The first-order valence-electron chi connectivity index (χ1n) is 48.4. The fraction of sp³-hybridized carbons (Fsp3) is 0.585. The SMILES string of the molecule is [C-]#[N+]/C(C#N)=C1\C(=C\c2sc3c(sc4c5c6nsnc6c6c7sc8c(CCCCCCCCCCC)c(/C=C9\C(=O)c%10ccccc%10\C9=C(\C#N)[N+]#[C-])sc8c7n(CC(CCCCCCCC)CCCCCCCCCC)c6c5n(CC(CCCCCCCC)CCCCCCCCCC)c34)c2CCCCCCCCCCC)C(=O)c2ccccc21. The Morgan fingerprint density at radius 3 is 0.942 bits per heavy atom. The van der Waals surface area contributed by atoms with Crippen LogP contribution in [0.2, 0.25) is 0 Å². The number of fused-ring (bicyclic) bond motifs is 16. The van der Waals surface area contributed by atoms with Crippen LogP contribution in [-0.4, -0.2) is 29.4 Å². The quantitative estimate of drug-likeness (QED) is 0.0162. The largest absolute Gasteiger partial charge is 0.337 e. The van der Waals surface area contributed by atoms with Crippen molar-refractivity contribution in [1.82, 2.24) is 17.9 Å². The van der Waals surface area contributed by atoms with Gasteiger partial charge in [0.25, 0.3) is 11.4 Å². The van der Waals surface area contributed by atoms with Gasteiger partial charge in [0.2, 0.25) is 0 Å². The predicted molar refractivity (Wildman–Crippen MR) is 525 cm³/mol. The van der Waals surface area contributed by atoms with Crippen molar-refractivity contribution in [2.75, 3.05) is 0 Å². The maximum atomic E-state index is 15.2. The Labute approximate surface area is 745 Å². The van der Waals surface area contributed by atoms with Crippen LogP contribution in [0.4, 0.5) is 0 Å². The number of benzene rings is 3. The number of aryl methyl sites for hydroxylation is 2. The van der Waals surface area contributed by atoms with Crippen molar-refractivity contribution in [3.05, 3.63) is 137 Å². The molecular formula is C106H138N8O2S5. The number of thiophene rings is 4. The Morgan fingerprint density at radius 2 is 0.653 bits per heavy atom. The number of rotatable bonds is 58. The average Bonchev–Trinajstić information content (AvgIpc) is 1.50. The van der Waals surface area contributed by atoms with Crippen molar-refractivity contribution < 1.29 is 9.59 Å². The minimum absolute atomic E-state index is 0.0475. The van der Waals surface area contributed by atoms with E-state index in [9.17, 15) is 10.5 Å². The monoisotopic (exact) mass is 1710 g/mol. The lowest BCUT2D eigenvalue weighted by Gasteiger charge is -2.22. The zero-order valence-corrected chi connectivity index (χ0v) is 78.6. The standard InChI is InChI=1S/C106H138N8O2S5/c1-9-15-21-27-33-37-41-47-53-67-81-87(69-83-89(85(71-107)109-7)77-63-55-57-65-79(77)99(83)115)117-105-97-103(119-101(81)105)91-93-94(112-121-111-93)92-96(95(91)113(97)73-75(59-49-43-31-25-19-13-5)61-51-45-39-35-29-23-17-11-3)114(74-76(60-50-44-32-26-20-14-6)62-52-46-40-36-30-24-18-12-4)98-104(92)120-102-82(68-54-48-42-38-34-28-22-16-10-2)88(118-106(98)102)70-84-90(86(72-108)110-8)78-64-56-58-66-80(78)100(84)116/h55-58,63-66,69-70,75-76H,9-54,59-62,67-68,73-74H2,1-6H3/b83-69-,84-70-,89-85-,90-86+. The highest BCUT2D eigenvalue weighted by Crippen LogP contribution is 2.57. The molecule has 0 fully saturated rings. The van der Waals surface area contributed by atoms with E-state index in [-0.39, 0.29) is 23.0 Å². The van der Waals surface area contributed by atoms with Crippen molar-refractivity contribution in [3.63, 3.8) is 0 Å². The Hall–Kier alpha value is -7.34. The molecule has 644 valence electrons. The molecule has 0 aliphatic heterocycles. The third kappa shape index (κ3) is 22.7. The van der Waals surface area contributed by atoms with E-state index in [4.69, 9.17) is 21.9 Å². The summed E-state index contributed by atoms with van der Waals surface area (Å²) in [5.74, 6) is 0.558. The molecule has 0 bridgehead atoms. The summed E-state index contributed by atoms with van der Waals surface area (Å²) in [6.45, 7) is 32.4. The number of allylic oxidation sites excluding steroid dienone is 6. The summed E-state index contributed by atoms with van der Waals surface area (Å²) in [4.78, 5) is 40.1. The number of hydrogen-bond acceptors (Lipinski definition) is 11. The Bertz CT molecular complexity index is 5040. The van der Waals surface area contributed by atoms with E-state index in [0.717, 1.165) is 98.1 Å². The number of nitrogens with zero attached hydrogens (tertiary/aromatic N) is 8. The second-order valence-electron chi connectivity index (χ2n) is 35.7. The lowest BCUT2D eigenvalue weighted by atomic mass is 9.93. The summed E-state index contributed by atoms with van der Waals surface area (Å²) in [6.07, 6.45) is 68.0. The normalized spacial score (nSPS) is 15.0. The van der Waals surface area contributed by atoms with Crippen molar-refractivity contribution in [3.8, 4) is 12.1 Å². The maximum Gasteiger partial charge on any atom is 0.270 e. The molecule has 7 aromatic heterocycles. The zero-order chi connectivity index (χ0) is 84.7. The van der Waals surface area contributed by atoms with Crippen LogP contribution in [0.1, 0.15) is 415 Å². The number of unbranched alkanes of at least 4 members (excludes halogenated alkanes) is 40. The molecule has 10 aromatic rings. The summed E-state index contributed by atoms with van der Waals surface area (Å²) >= 11 is 8.91. The molecule has 7 heterocycles. The molecular weight excluding hydrogens is 1580 g/mol. The fourth-order valence-corrected chi connectivity index (χ4v) is 26.4. The molecule has 2 atom stereocenters. The summed E-state index contributed by atoms with van der Waals surface area (Å²) < 4.78 is 24.6. The number of carbonyl (C=O) groups is 2. The zero-order valence-electron chi connectivity index (χ0n) is 74.5. The van der Waals surface area contributed by atoms with Gasteiger partial charge in [-0.3, -0.25) is 9.59 Å². The van der Waals surface area contributed by atoms with Gasteiger partial charge in [0.1, 0.15) is 11.0 Å². The molecule has 0 saturated carbocycles. The van der Waals surface area contributed by atoms with Gasteiger partial charge in [-0.1, -0.05) is 373 Å². The lowest BCUT2D eigenvalue weighted by molar-refractivity contribution is 0.103. The average molecular weight is 1720 g/mol. The van der Waals surface area contributed by atoms with Crippen LogP contribution < -0.4 is 0 Å². The molecule has 15 heteroatoms. The molecule has 2 unspecified atom stereocenters. The van der Waals surface area contributed by atoms with E-state index in [1.165, 1.54) is 354 Å². The molecule has 0 N–H and O–H groups in total. The third-order valence-corrected chi connectivity index (χ3v) is 32.3. The Balaban J connectivity index is 1.14. The van der Waals surface area contributed by atoms with Gasteiger partial charge in [-0.2, -0.15) is 8.75 Å². The molecule has 12 rings (SSSR count). The topological polar surface area (TPSA) is 126 Å². The molecule has 10 nitrogen and oxygen atoms in total. The summed E-state index contributed by atoms with van der Waals surface area (Å²) in [6, 6.07) is 19.7. The predicted octanol–water partition coefficient (Wildman–Crippen LogP) is 35.3. The maximum absolute atomic E-state index is 15.2. The van der Waals surface area contributed by atoms with Crippen LogP contribution in [0.3, 0.4) is 0 Å². The van der Waals surface area contributed by atoms with Crippen molar-refractivity contribution >= 4 is 164 Å². The van der Waals surface area contributed by atoms with Gasteiger partial charge in [0, 0.05) is 67.0 Å². The van der Waals surface area contributed by atoms with Crippen LogP contribution in [-0.2, 0) is 25.9 Å². The molecule has 0 amide bonds. The third-order valence-electron chi connectivity index (χ3n) is 26.6. The number of aromatic nitrogens is 4. The number of carbonyl (C=O) groups excluding carboxylic acids is 2. The van der Waals surface area contributed by atoms with E-state index in [0.29, 0.717) is 56.4 Å². The Kier molecular flexibility index (Phi) is 37.4. The van der Waals surface area contributed by atoms with E-state index >= 15 is 9.59 Å². The first-order valence-corrected chi connectivity index (χ1v) is 52.4. The van der Waals surface area contributed by atoms with Crippen LogP contribution in [0.25, 0.3) is 105 Å². The van der Waals surface area contributed by atoms with Crippen molar-refractivity contribution in [2.45, 2.75) is 389 Å². The highest BCUT2D eigenvalue weighted by Gasteiger charge is 2.38. The molecule has 121 heavy (non-hydrogen) atoms. The highest BCUT2D eigenvalue weighted by molar-refractivity contribution is 7.34. The molecule has 0 saturated heterocycles. The van der Waals surface area contributed by atoms with Crippen LogP contribution >= 0.6 is 57.1 Å². The van der Waals surface area contributed by atoms with Crippen molar-refractivity contribution in [1.29, 1.82) is 10.5 Å². The minimum Gasteiger partial charge on any atom is -0.337 e. The molecule has 3 aromatic carbocycles. The molecule has 0 radical (unpaired) electrons. The van der Waals surface area contributed by atoms with Crippen LogP contribution in [0.15, 0.2) is 71.1 Å². The first-order chi connectivity index (χ1) is 59.6. The van der Waals surface area contributed by atoms with Gasteiger partial charge >= 0.3 is 0 Å². The summed E-state index contributed by atoms with van der Waals surface area (Å²) in [7, 11) is 0. The van der Waals surface area contributed by atoms with Gasteiger partial charge in [0.15, 0.2) is 11.6 Å². The van der Waals surface area contributed by atoms with Gasteiger partial charge in [-0.15, -0.1) is 45.3 Å². The Morgan fingerprint density at radius 1 is 0.372 bits per heavy atom. The van der Waals surface area contributed by atoms with Gasteiger partial charge in [0.05, 0.1) is 87.3 Å². The minimum atomic E-state index is -0.129. The summed E-state index contributed by atoms with van der Waals surface area (Å²) in [5, 5.41) is 23.9. The molecule has 2 aliphatic rings. The highest BCUT2D eigenvalue weighted by atomic mass is 32.1. The van der Waals surface area contributed by atoms with Crippen LogP contribution in [0.5, 0.6) is 0 Å². The molecule has 0 spiro atoms. The number of Topliss-reactive ketones (excluding diaryl/α,β-unsaturated/α-hetero) is 2. The van der Waals surface area contributed by atoms with Gasteiger partial charge in [-0.25, -0.2) is 20.2 Å². The summed E-state index contributed by atoms with van der Waals surface area (Å²) in [5.41, 5.74) is 13.7. The second kappa shape index (κ2) is 48.8. The van der Waals surface area contributed by atoms with Crippen LogP contribution in [0, 0.1) is 47.6 Å². The first kappa shape index (κ1) is 92.8. The van der Waals surface area contributed by atoms with E-state index in [1.54, 1.807) is 0 Å². The lowest BCUT2D eigenvalue weighted by Crippen LogP contribution is -2.14. The van der Waals surface area contributed by atoms with E-state index < -0.39 is 0 Å².